The van der Waals surface area contributed by atoms with Crippen LogP contribution in [0.25, 0.3) is 0 Å². The number of ether oxygens (including phenoxy) is 2. The molecule has 0 bridgehead atoms. The number of aryl methyl sites for hydroxylation is 2. The van der Waals surface area contributed by atoms with Crippen molar-refractivity contribution in [3.05, 3.63) is 29.3 Å². The summed E-state index contributed by atoms with van der Waals surface area (Å²) in [6.07, 6.45) is -0.172. The van der Waals surface area contributed by atoms with E-state index in [9.17, 15) is 9.59 Å². The van der Waals surface area contributed by atoms with Gasteiger partial charge in [-0.3, -0.25) is 4.79 Å². The number of benzene rings is 1. The van der Waals surface area contributed by atoms with Gasteiger partial charge in [-0.15, -0.1) is 0 Å². The molecule has 0 aliphatic carbocycles. The molecule has 1 aliphatic rings. The van der Waals surface area contributed by atoms with Crippen molar-refractivity contribution in [3.63, 3.8) is 0 Å². The second-order valence-corrected chi connectivity index (χ2v) is 6.37. The van der Waals surface area contributed by atoms with Gasteiger partial charge in [0.15, 0.2) is 6.29 Å². The molecule has 3 amide bonds. The minimum atomic E-state index is -0.465. The number of anilines is 1. The van der Waals surface area contributed by atoms with Gasteiger partial charge in [-0.05, 0) is 51.0 Å². The Morgan fingerprint density at radius 3 is 2.54 bits per heavy atom. The minimum Gasteiger partial charge on any atom is -0.351 e. The van der Waals surface area contributed by atoms with Gasteiger partial charge in [0, 0.05) is 31.9 Å². The predicted octanol–water partition coefficient (Wildman–Crippen LogP) is 2.11. The highest BCUT2D eigenvalue weighted by molar-refractivity contribution is 5.96. The maximum absolute atomic E-state index is 12.3. The molecular formula is C19H29N3O4. The Hall–Kier alpha value is -2.12. The van der Waals surface area contributed by atoms with Gasteiger partial charge in [-0.1, -0.05) is 6.07 Å². The van der Waals surface area contributed by atoms with Crippen molar-refractivity contribution in [2.75, 3.05) is 31.2 Å². The van der Waals surface area contributed by atoms with E-state index >= 15 is 0 Å². The first-order chi connectivity index (χ1) is 12.4. The molecule has 0 saturated carbocycles. The van der Waals surface area contributed by atoms with Crippen molar-refractivity contribution in [3.8, 4) is 0 Å². The van der Waals surface area contributed by atoms with E-state index in [1.54, 1.807) is 4.90 Å². The van der Waals surface area contributed by atoms with E-state index in [2.05, 4.69) is 10.6 Å². The first kappa shape index (κ1) is 20.2. The van der Waals surface area contributed by atoms with Crippen molar-refractivity contribution in [2.24, 2.45) is 0 Å². The highest BCUT2D eigenvalue weighted by atomic mass is 16.7. The maximum atomic E-state index is 12.3. The first-order valence-electron chi connectivity index (χ1n) is 9.09. The molecule has 0 radical (unpaired) electrons. The van der Waals surface area contributed by atoms with Gasteiger partial charge in [0.2, 0.25) is 5.91 Å². The van der Waals surface area contributed by atoms with E-state index in [-0.39, 0.29) is 24.5 Å². The second-order valence-electron chi connectivity index (χ2n) is 6.37. The smallest absolute Gasteiger partial charge is 0.315 e. The maximum Gasteiger partial charge on any atom is 0.315 e. The lowest BCUT2D eigenvalue weighted by Gasteiger charge is -2.20. The summed E-state index contributed by atoms with van der Waals surface area (Å²) in [7, 11) is 0. The van der Waals surface area contributed by atoms with Gasteiger partial charge in [-0.2, -0.15) is 0 Å². The van der Waals surface area contributed by atoms with Gasteiger partial charge in [-0.25, -0.2) is 4.79 Å². The third-order valence-electron chi connectivity index (χ3n) is 4.40. The van der Waals surface area contributed by atoms with Gasteiger partial charge < -0.3 is 25.0 Å². The number of nitrogens with one attached hydrogen (secondary N) is 2. The molecule has 2 N–H and O–H groups in total. The Kier molecular flexibility index (Phi) is 7.41. The Labute approximate surface area is 155 Å². The molecule has 2 rings (SSSR count). The predicted molar refractivity (Wildman–Crippen MR) is 100 cm³/mol. The van der Waals surface area contributed by atoms with Crippen LogP contribution in [0.5, 0.6) is 0 Å². The lowest BCUT2D eigenvalue weighted by molar-refractivity contribution is -0.131. The molecule has 1 unspecified atom stereocenters. The van der Waals surface area contributed by atoms with Crippen molar-refractivity contribution < 1.29 is 19.1 Å². The Morgan fingerprint density at radius 1 is 1.23 bits per heavy atom. The van der Waals surface area contributed by atoms with Crippen LogP contribution in [-0.2, 0) is 14.3 Å². The van der Waals surface area contributed by atoms with E-state index < -0.39 is 6.29 Å². The number of carbonyl (C=O) groups is 2. The Morgan fingerprint density at radius 2 is 1.92 bits per heavy atom. The molecule has 1 aromatic rings. The van der Waals surface area contributed by atoms with Gasteiger partial charge in [0.1, 0.15) is 0 Å². The number of hydrogen-bond donors (Lipinski definition) is 2. The summed E-state index contributed by atoms with van der Waals surface area (Å²) >= 11 is 0. The van der Waals surface area contributed by atoms with Gasteiger partial charge in [0.05, 0.1) is 12.6 Å². The molecule has 26 heavy (non-hydrogen) atoms. The van der Waals surface area contributed by atoms with E-state index in [0.717, 1.165) is 11.3 Å². The molecule has 1 aliphatic heterocycles. The van der Waals surface area contributed by atoms with Gasteiger partial charge >= 0.3 is 6.03 Å². The summed E-state index contributed by atoms with van der Waals surface area (Å²) in [5, 5.41) is 5.59. The normalized spacial score (nSPS) is 17.0. The highest BCUT2D eigenvalue weighted by Gasteiger charge is 2.31. The second kappa shape index (κ2) is 9.54. The van der Waals surface area contributed by atoms with E-state index in [1.165, 1.54) is 5.56 Å². The van der Waals surface area contributed by atoms with Crippen LogP contribution in [0.4, 0.5) is 10.5 Å². The summed E-state index contributed by atoms with van der Waals surface area (Å²) in [4.78, 5) is 26.1. The zero-order valence-electron chi connectivity index (χ0n) is 16.0. The van der Waals surface area contributed by atoms with Crippen molar-refractivity contribution in [1.82, 2.24) is 10.6 Å². The third-order valence-corrected chi connectivity index (χ3v) is 4.40. The summed E-state index contributed by atoms with van der Waals surface area (Å²) in [5.74, 6) is 0.0139. The Bertz CT molecular complexity index is 629. The average Bonchev–Trinajstić information content (AvgIpc) is 2.96. The summed E-state index contributed by atoms with van der Waals surface area (Å²) in [6, 6.07) is 5.41. The summed E-state index contributed by atoms with van der Waals surface area (Å²) < 4.78 is 10.8. The number of nitrogens with zero attached hydrogens (tertiary/aromatic N) is 1. The highest BCUT2D eigenvalue weighted by Crippen LogP contribution is 2.24. The molecule has 1 saturated heterocycles. The van der Waals surface area contributed by atoms with Gasteiger partial charge in [0.25, 0.3) is 0 Å². The third kappa shape index (κ3) is 5.44. The molecule has 144 valence electrons. The molecule has 1 fully saturated rings. The topological polar surface area (TPSA) is 79.9 Å². The number of urea groups is 1. The fourth-order valence-corrected chi connectivity index (χ4v) is 2.90. The lowest BCUT2D eigenvalue weighted by Crippen LogP contribution is -2.46. The van der Waals surface area contributed by atoms with Crippen LogP contribution in [0.2, 0.25) is 0 Å². The van der Waals surface area contributed by atoms with Crippen LogP contribution in [0.15, 0.2) is 18.2 Å². The van der Waals surface area contributed by atoms with Crippen LogP contribution in [-0.4, -0.2) is 50.6 Å². The zero-order valence-corrected chi connectivity index (χ0v) is 16.0. The molecule has 0 spiro atoms. The molecule has 7 nitrogen and oxygen atoms in total. The van der Waals surface area contributed by atoms with E-state index in [0.29, 0.717) is 26.2 Å². The van der Waals surface area contributed by atoms with E-state index in [4.69, 9.17) is 9.47 Å². The lowest BCUT2D eigenvalue weighted by atomic mass is 10.1. The quantitative estimate of drug-likeness (QED) is 0.693. The Balaban J connectivity index is 1.86. The zero-order chi connectivity index (χ0) is 19.1. The molecular weight excluding hydrogens is 334 g/mol. The summed E-state index contributed by atoms with van der Waals surface area (Å²) in [6.45, 7) is 9.55. The van der Waals surface area contributed by atoms with Crippen molar-refractivity contribution in [2.45, 2.75) is 46.4 Å². The first-order valence-corrected chi connectivity index (χ1v) is 9.09. The fraction of sp³-hybridized carbons (Fsp3) is 0.579. The monoisotopic (exact) mass is 363 g/mol. The van der Waals surface area contributed by atoms with Crippen molar-refractivity contribution in [1.29, 1.82) is 0 Å². The summed E-state index contributed by atoms with van der Waals surface area (Å²) in [5.41, 5.74) is 3.20. The standard InChI is InChI=1S/C19H29N3O4/c1-5-25-18(26-6-2)11-20-19(24)21-15-10-17(23)22(12-15)16-8-7-13(3)14(4)9-16/h7-9,15,18H,5-6,10-12H2,1-4H3,(H2,20,21,24). The SMILES string of the molecule is CCOC(CNC(=O)NC1CC(=O)N(c2ccc(C)c(C)c2)C1)OCC. The van der Waals surface area contributed by atoms with Crippen molar-refractivity contribution >= 4 is 17.6 Å². The molecule has 1 aromatic carbocycles. The molecule has 1 atom stereocenters. The van der Waals surface area contributed by atoms with Crippen LogP contribution >= 0.6 is 0 Å². The van der Waals surface area contributed by atoms with Crippen LogP contribution in [0.1, 0.15) is 31.4 Å². The molecule has 0 aromatic heterocycles. The number of carbonyl (C=O) groups excluding carboxylic acids is 2. The molecule has 7 heteroatoms. The van der Waals surface area contributed by atoms with Crippen LogP contribution in [0, 0.1) is 13.8 Å². The fourth-order valence-electron chi connectivity index (χ4n) is 2.90. The number of rotatable bonds is 8. The van der Waals surface area contributed by atoms with Crippen LogP contribution in [0.3, 0.4) is 0 Å². The molecule has 1 heterocycles. The minimum absolute atomic E-state index is 0.0139. The largest absolute Gasteiger partial charge is 0.351 e. The van der Waals surface area contributed by atoms with E-state index in [1.807, 2.05) is 45.9 Å². The number of hydrogen-bond acceptors (Lipinski definition) is 4. The number of amides is 3. The van der Waals surface area contributed by atoms with Crippen LogP contribution < -0.4 is 15.5 Å². The average molecular weight is 363 g/mol.